The van der Waals surface area contributed by atoms with E-state index in [1.54, 1.807) is 0 Å². The van der Waals surface area contributed by atoms with Crippen molar-refractivity contribution in [3.63, 3.8) is 0 Å². The van der Waals surface area contributed by atoms with Gasteiger partial charge in [0.25, 0.3) is 0 Å². The highest BCUT2D eigenvalue weighted by molar-refractivity contribution is 7.09. The zero-order valence-electron chi connectivity index (χ0n) is 20.2. The van der Waals surface area contributed by atoms with Gasteiger partial charge in [0.1, 0.15) is 0 Å². The lowest BCUT2D eigenvalue weighted by Gasteiger charge is -2.47. The topological polar surface area (TPSA) is 90.3 Å². The second-order valence-corrected chi connectivity index (χ2v) is 9.72. The van der Waals surface area contributed by atoms with Crippen LogP contribution in [0.25, 0.3) is 0 Å². The van der Waals surface area contributed by atoms with Crippen LogP contribution >= 0.6 is 11.3 Å². The predicted molar refractivity (Wildman–Crippen MR) is 127 cm³/mol. The number of hydrogen-bond donors (Lipinski definition) is 2. The molecule has 2 aliphatic rings. The normalized spacial score (nSPS) is 18.1. The minimum atomic E-state index is -5.08. The Labute approximate surface area is 219 Å². The molecular formula is C24H28F6N2O5S. The van der Waals surface area contributed by atoms with Gasteiger partial charge in [-0.1, -0.05) is 36.4 Å². The van der Waals surface area contributed by atoms with Crippen molar-refractivity contribution in [2.75, 3.05) is 32.8 Å². The van der Waals surface area contributed by atoms with Gasteiger partial charge in [0.2, 0.25) is 0 Å². The van der Waals surface area contributed by atoms with E-state index in [4.69, 9.17) is 24.5 Å². The molecule has 0 saturated carbocycles. The number of piperidine rings is 1. The Balaban J connectivity index is 0.000000301. The first-order valence-electron chi connectivity index (χ1n) is 11.5. The third-order valence-corrected chi connectivity index (χ3v) is 6.65. The molecule has 2 N–H and O–H groups in total. The molecule has 0 aliphatic carbocycles. The van der Waals surface area contributed by atoms with Crippen molar-refractivity contribution < 1.29 is 50.9 Å². The Bertz CT molecular complexity index is 970. The van der Waals surface area contributed by atoms with E-state index in [-0.39, 0.29) is 5.60 Å². The van der Waals surface area contributed by atoms with E-state index < -0.39 is 24.3 Å². The van der Waals surface area contributed by atoms with E-state index in [9.17, 15) is 26.3 Å². The highest BCUT2D eigenvalue weighted by Crippen LogP contribution is 2.31. The molecule has 1 aromatic heterocycles. The van der Waals surface area contributed by atoms with E-state index in [0.29, 0.717) is 0 Å². The van der Waals surface area contributed by atoms with Gasteiger partial charge in [0, 0.05) is 44.1 Å². The van der Waals surface area contributed by atoms with E-state index in [1.165, 1.54) is 10.4 Å². The SMILES string of the molecule is O=C(O)C(F)(F)F.O=C(O)C(F)(F)F.c1ccc(CN2CCOC3(CCN(Cc4cccs4)CC3)C2)cc1. The second-order valence-electron chi connectivity index (χ2n) is 8.69. The van der Waals surface area contributed by atoms with E-state index >= 15 is 0 Å². The van der Waals surface area contributed by atoms with Crippen LogP contribution in [0.4, 0.5) is 26.3 Å². The predicted octanol–water partition coefficient (Wildman–Crippen LogP) is 4.88. The summed E-state index contributed by atoms with van der Waals surface area (Å²) >= 11 is 1.86. The van der Waals surface area contributed by atoms with Crippen LogP contribution in [-0.2, 0) is 27.4 Å². The summed E-state index contributed by atoms with van der Waals surface area (Å²) in [5, 5.41) is 16.4. The highest BCUT2D eigenvalue weighted by Gasteiger charge is 2.40. The zero-order chi connectivity index (χ0) is 28.4. The lowest BCUT2D eigenvalue weighted by molar-refractivity contribution is -0.193. The molecule has 212 valence electrons. The molecule has 4 rings (SSSR count). The maximum Gasteiger partial charge on any atom is 0.490 e. The number of alkyl halides is 6. The van der Waals surface area contributed by atoms with Crippen molar-refractivity contribution in [1.82, 2.24) is 9.80 Å². The number of morpholine rings is 1. The number of carboxylic acid groups (broad SMARTS) is 2. The molecular weight excluding hydrogens is 542 g/mol. The third kappa shape index (κ3) is 11.0. The summed E-state index contributed by atoms with van der Waals surface area (Å²) < 4.78 is 69.8. The molecule has 1 aromatic carbocycles. The van der Waals surface area contributed by atoms with Crippen molar-refractivity contribution in [1.29, 1.82) is 0 Å². The molecule has 14 heteroatoms. The molecule has 0 atom stereocenters. The van der Waals surface area contributed by atoms with E-state index in [1.807, 2.05) is 11.3 Å². The maximum atomic E-state index is 10.6. The van der Waals surface area contributed by atoms with Crippen LogP contribution in [0.1, 0.15) is 23.3 Å². The molecule has 2 aromatic rings. The van der Waals surface area contributed by atoms with Gasteiger partial charge in [-0.15, -0.1) is 11.3 Å². The van der Waals surface area contributed by atoms with Gasteiger partial charge >= 0.3 is 24.3 Å². The molecule has 7 nitrogen and oxygen atoms in total. The first-order valence-corrected chi connectivity index (χ1v) is 12.3. The number of carbonyl (C=O) groups is 2. The number of rotatable bonds is 4. The number of aliphatic carboxylic acids is 2. The number of hydrogen-bond acceptors (Lipinski definition) is 6. The number of ether oxygens (including phenoxy) is 1. The number of likely N-dealkylation sites (tertiary alicyclic amines) is 1. The summed E-state index contributed by atoms with van der Waals surface area (Å²) in [5.41, 5.74) is 1.49. The lowest BCUT2D eigenvalue weighted by atomic mass is 9.89. The Hall–Kier alpha value is -2.68. The lowest BCUT2D eigenvalue weighted by Crippen LogP contribution is -2.56. The number of halogens is 6. The monoisotopic (exact) mass is 570 g/mol. The van der Waals surface area contributed by atoms with Gasteiger partial charge < -0.3 is 14.9 Å². The molecule has 3 heterocycles. The average molecular weight is 571 g/mol. The molecule has 0 amide bonds. The number of nitrogens with zero attached hydrogens (tertiary/aromatic N) is 2. The van der Waals surface area contributed by atoms with Gasteiger partial charge in [0.05, 0.1) is 12.2 Å². The summed E-state index contributed by atoms with van der Waals surface area (Å²) in [6.45, 7) is 7.45. The van der Waals surface area contributed by atoms with Crippen molar-refractivity contribution >= 4 is 23.3 Å². The summed E-state index contributed by atoms with van der Waals surface area (Å²) in [6.07, 6.45) is -7.85. The van der Waals surface area contributed by atoms with Crippen LogP contribution in [-0.4, -0.2) is 82.7 Å². The van der Waals surface area contributed by atoms with Crippen LogP contribution in [0.5, 0.6) is 0 Å². The Morgan fingerprint density at radius 3 is 1.87 bits per heavy atom. The summed E-state index contributed by atoms with van der Waals surface area (Å²) in [4.78, 5) is 24.4. The fourth-order valence-corrected chi connectivity index (χ4v) is 4.69. The van der Waals surface area contributed by atoms with Crippen LogP contribution < -0.4 is 0 Å². The Morgan fingerprint density at radius 1 is 0.842 bits per heavy atom. The van der Waals surface area contributed by atoms with Crippen LogP contribution in [0, 0.1) is 0 Å². The number of carboxylic acids is 2. The minimum Gasteiger partial charge on any atom is -0.475 e. The first kappa shape index (κ1) is 31.5. The van der Waals surface area contributed by atoms with Gasteiger partial charge in [0.15, 0.2) is 0 Å². The van der Waals surface area contributed by atoms with Crippen LogP contribution in [0.2, 0.25) is 0 Å². The van der Waals surface area contributed by atoms with Gasteiger partial charge in [-0.3, -0.25) is 9.80 Å². The second kappa shape index (κ2) is 13.9. The fourth-order valence-electron chi connectivity index (χ4n) is 3.94. The zero-order valence-corrected chi connectivity index (χ0v) is 21.0. The summed E-state index contributed by atoms with van der Waals surface area (Å²) in [7, 11) is 0. The summed E-state index contributed by atoms with van der Waals surface area (Å²) in [6, 6.07) is 15.2. The molecule has 0 radical (unpaired) electrons. The molecule has 0 bridgehead atoms. The highest BCUT2D eigenvalue weighted by atomic mass is 32.1. The maximum absolute atomic E-state index is 10.6. The van der Waals surface area contributed by atoms with Crippen molar-refractivity contribution in [2.45, 2.75) is 43.9 Å². The Morgan fingerprint density at radius 2 is 1.39 bits per heavy atom. The fraction of sp³-hybridized carbons (Fsp3) is 0.500. The van der Waals surface area contributed by atoms with Crippen LogP contribution in [0.3, 0.4) is 0 Å². The molecule has 2 saturated heterocycles. The van der Waals surface area contributed by atoms with Crippen molar-refractivity contribution in [3.8, 4) is 0 Å². The smallest absolute Gasteiger partial charge is 0.475 e. The Kier molecular flexibility index (Phi) is 11.6. The van der Waals surface area contributed by atoms with Crippen molar-refractivity contribution in [3.05, 3.63) is 58.3 Å². The van der Waals surface area contributed by atoms with Crippen molar-refractivity contribution in [2.24, 2.45) is 0 Å². The molecule has 38 heavy (non-hydrogen) atoms. The molecule has 2 fully saturated rings. The number of benzene rings is 1. The largest absolute Gasteiger partial charge is 0.490 e. The molecule has 1 spiro atoms. The average Bonchev–Trinajstić information content (AvgIpc) is 3.34. The van der Waals surface area contributed by atoms with Crippen LogP contribution in [0.15, 0.2) is 47.8 Å². The van der Waals surface area contributed by atoms with Gasteiger partial charge in [-0.2, -0.15) is 26.3 Å². The standard InChI is InChI=1S/C20H26N2OS.2C2HF3O2/c1-2-5-18(6-3-1)15-22-12-13-23-20(17-22)8-10-21(11-9-20)16-19-7-4-14-24-19;2*3-2(4,5)1(6)7/h1-7,14H,8-13,15-17H2;2*(H,6,7). The molecule has 2 aliphatic heterocycles. The van der Waals surface area contributed by atoms with Gasteiger partial charge in [-0.25, -0.2) is 9.59 Å². The van der Waals surface area contributed by atoms with E-state index in [2.05, 4.69) is 57.6 Å². The third-order valence-electron chi connectivity index (χ3n) is 5.79. The number of thiophene rings is 1. The summed E-state index contributed by atoms with van der Waals surface area (Å²) in [5.74, 6) is -5.51. The van der Waals surface area contributed by atoms with Gasteiger partial charge in [-0.05, 0) is 29.9 Å². The van der Waals surface area contributed by atoms with E-state index in [0.717, 1.165) is 58.7 Å². The minimum absolute atomic E-state index is 0.0823. The first-order chi connectivity index (χ1) is 17.7. The quantitative estimate of drug-likeness (QED) is 0.507. The molecule has 0 unspecified atom stereocenters.